The number of hydrogen-bond donors (Lipinski definition) is 2. The Hall–Kier alpha value is -1.88. The van der Waals surface area contributed by atoms with Gasteiger partial charge in [-0.15, -0.1) is 0 Å². The number of esters is 1. The Morgan fingerprint density at radius 2 is 1.95 bits per heavy atom. The monoisotopic (exact) mass is 265 g/mol. The van der Waals surface area contributed by atoms with Crippen LogP contribution in [0.25, 0.3) is 0 Å². The molecule has 5 heteroatoms. The van der Waals surface area contributed by atoms with Crippen LogP contribution < -0.4 is 5.32 Å². The van der Waals surface area contributed by atoms with Crippen LogP contribution in [0.4, 0.5) is 0 Å². The highest BCUT2D eigenvalue weighted by molar-refractivity contribution is 5.88. The van der Waals surface area contributed by atoms with E-state index < -0.39 is 23.5 Å². The Labute approximate surface area is 112 Å². The number of ether oxygens (including phenoxy) is 1. The van der Waals surface area contributed by atoms with Crippen molar-refractivity contribution in [3.63, 3.8) is 0 Å². The molecule has 1 aromatic carbocycles. The van der Waals surface area contributed by atoms with Crippen molar-refractivity contribution in [1.82, 2.24) is 5.32 Å². The van der Waals surface area contributed by atoms with Crippen molar-refractivity contribution < 1.29 is 19.4 Å². The van der Waals surface area contributed by atoms with Crippen LogP contribution in [0, 0.1) is 0 Å². The quantitative estimate of drug-likeness (QED) is 0.784. The lowest BCUT2D eigenvalue weighted by Crippen LogP contribution is -2.58. The minimum atomic E-state index is -1.47. The Balaban J connectivity index is 3.22. The van der Waals surface area contributed by atoms with Crippen LogP contribution in [0.1, 0.15) is 31.9 Å². The third-order valence-electron chi connectivity index (χ3n) is 3.09. The maximum atomic E-state index is 12.0. The van der Waals surface area contributed by atoms with Gasteiger partial charge in [-0.3, -0.25) is 4.79 Å². The number of aliphatic hydroxyl groups is 1. The summed E-state index contributed by atoms with van der Waals surface area (Å²) in [5.74, 6) is -1.07. The van der Waals surface area contributed by atoms with Gasteiger partial charge in [-0.25, -0.2) is 4.79 Å². The zero-order valence-electron chi connectivity index (χ0n) is 11.3. The molecule has 0 radical (unpaired) electrons. The van der Waals surface area contributed by atoms with Gasteiger partial charge in [0.1, 0.15) is 6.10 Å². The normalized spacial score (nSPS) is 15.2. The van der Waals surface area contributed by atoms with Gasteiger partial charge in [0.05, 0.1) is 7.11 Å². The van der Waals surface area contributed by atoms with Crippen LogP contribution in [0.3, 0.4) is 0 Å². The fraction of sp³-hybridized carbons (Fsp3) is 0.429. The molecule has 0 aliphatic carbocycles. The largest absolute Gasteiger partial charge is 0.467 e. The number of methoxy groups -OCH3 is 1. The van der Waals surface area contributed by atoms with Crippen molar-refractivity contribution in [2.45, 2.75) is 31.9 Å². The number of amides is 1. The smallest absolute Gasteiger partial charge is 0.334 e. The Bertz CT molecular complexity index is 446. The summed E-state index contributed by atoms with van der Waals surface area (Å²) in [6.45, 7) is 3.00. The average Bonchev–Trinajstić information content (AvgIpc) is 2.43. The molecule has 0 saturated carbocycles. The number of carbonyl (C=O) groups is 2. The summed E-state index contributed by atoms with van der Waals surface area (Å²) in [7, 11) is 1.23. The first-order chi connectivity index (χ1) is 8.97. The molecule has 0 aliphatic rings. The van der Waals surface area contributed by atoms with Crippen molar-refractivity contribution in [2.24, 2.45) is 0 Å². The van der Waals surface area contributed by atoms with E-state index in [0.717, 1.165) is 0 Å². The van der Waals surface area contributed by atoms with Gasteiger partial charge in [0.25, 0.3) is 0 Å². The highest BCUT2D eigenvalue weighted by Crippen LogP contribution is 2.30. The van der Waals surface area contributed by atoms with Crippen LogP contribution in [-0.4, -0.2) is 29.6 Å². The van der Waals surface area contributed by atoms with Crippen molar-refractivity contribution in [3.05, 3.63) is 35.9 Å². The second-order valence-corrected chi connectivity index (χ2v) is 4.31. The zero-order valence-corrected chi connectivity index (χ0v) is 11.3. The molecule has 0 heterocycles. The highest BCUT2D eigenvalue weighted by Gasteiger charge is 2.46. The van der Waals surface area contributed by atoms with E-state index >= 15 is 0 Å². The van der Waals surface area contributed by atoms with Gasteiger partial charge in [-0.1, -0.05) is 37.3 Å². The Kier molecular flexibility index (Phi) is 5.06. The van der Waals surface area contributed by atoms with Crippen molar-refractivity contribution in [1.29, 1.82) is 0 Å². The second kappa shape index (κ2) is 6.33. The first kappa shape index (κ1) is 15.2. The molecule has 0 saturated heterocycles. The Morgan fingerprint density at radius 3 is 2.37 bits per heavy atom. The molecule has 104 valence electrons. The van der Waals surface area contributed by atoms with Crippen molar-refractivity contribution >= 4 is 11.9 Å². The minimum Gasteiger partial charge on any atom is -0.467 e. The fourth-order valence-electron chi connectivity index (χ4n) is 2.07. The molecule has 0 fully saturated rings. The van der Waals surface area contributed by atoms with Gasteiger partial charge in [0.15, 0.2) is 5.54 Å². The van der Waals surface area contributed by atoms with Gasteiger partial charge in [0.2, 0.25) is 5.91 Å². The summed E-state index contributed by atoms with van der Waals surface area (Å²) in [4.78, 5) is 23.4. The average molecular weight is 265 g/mol. The standard InChI is InChI=1S/C14H19NO4/c1-4-14(13(18)19-3,15-10(2)16)12(17)11-8-6-5-7-9-11/h5-9,12,17H,4H2,1-3H3,(H,15,16)/t12-,14-/m0/s1. The number of benzene rings is 1. The molecule has 0 unspecified atom stereocenters. The number of aliphatic hydroxyl groups excluding tert-OH is 1. The first-order valence-corrected chi connectivity index (χ1v) is 6.08. The topological polar surface area (TPSA) is 75.6 Å². The third-order valence-corrected chi connectivity index (χ3v) is 3.09. The van der Waals surface area contributed by atoms with Gasteiger partial charge in [-0.2, -0.15) is 0 Å². The predicted octanol–water partition coefficient (Wildman–Crippen LogP) is 1.18. The van der Waals surface area contributed by atoms with Gasteiger partial charge >= 0.3 is 5.97 Å². The van der Waals surface area contributed by atoms with E-state index in [2.05, 4.69) is 5.32 Å². The molecular formula is C14H19NO4. The Morgan fingerprint density at radius 1 is 1.37 bits per heavy atom. The van der Waals surface area contributed by atoms with Crippen LogP contribution in [0.15, 0.2) is 30.3 Å². The molecule has 1 amide bonds. The minimum absolute atomic E-state index is 0.218. The van der Waals surface area contributed by atoms with Gasteiger partial charge < -0.3 is 15.2 Å². The van der Waals surface area contributed by atoms with E-state index in [4.69, 9.17) is 4.74 Å². The van der Waals surface area contributed by atoms with E-state index in [9.17, 15) is 14.7 Å². The van der Waals surface area contributed by atoms with Crippen LogP contribution >= 0.6 is 0 Å². The van der Waals surface area contributed by atoms with E-state index in [-0.39, 0.29) is 6.42 Å². The first-order valence-electron chi connectivity index (χ1n) is 6.08. The molecule has 1 aromatic rings. The van der Waals surface area contributed by atoms with Gasteiger partial charge in [-0.05, 0) is 12.0 Å². The van der Waals surface area contributed by atoms with Crippen LogP contribution in [-0.2, 0) is 14.3 Å². The molecule has 0 spiro atoms. The molecule has 2 N–H and O–H groups in total. The fourth-order valence-corrected chi connectivity index (χ4v) is 2.07. The summed E-state index contributed by atoms with van der Waals surface area (Å²) in [6, 6.07) is 8.70. The molecule has 0 bridgehead atoms. The predicted molar refractivity (Wildman–Crippen MR) is 70.3 cm³/mol. The lowest BCUT2D eigenvalue weighted by atomic mass is 9.85. The molecule has 1 rings (SSSR count). The summed E-state index contributed by atoms with van der Waals surface area (Å²) in [5.41, 5.74) is -0.925. The van der Waals surface area contributed by atoms with E-state index in [1.165, 1.54) is 14.0 Å². The van der Waals surface area contributed by atoms with Crippen LogP contribution in [0.2, 0.25) is 0 Å². The summed E-state index contributed by atoms with van der Waals surface area (Å²) < 4.78 is 4.74. The summed E-state index contributed by atoms with van der Waals surface area (Å²) in [6.07, 6.45) is -0.954. The summed E-state index contributed by atoms with van der Waals surface area (Å²) >= 11 is 0. The van der Waals surface area contributed by atoms with Crippen molar-refractivity contribution in [2.75, 3.05) is 7.11 Å². The van der Waals surface area contributed by atoms with Gasteiger partial charge in [0, 0.05) is 6.92 Å². The molecule has 0 aromatic heterocycles. The zero-order chi connectivity index (χ0) is 14.5. The second-order valence-electron chi connectivity index (χ2n) is 4.31. The molecule has 0 aliphatic heterocycles. The maximum absolute atomic E-state index is 12.0. The molecular weight excluding hydrogens is 246 g/mol. The SMILES string of the molecule is CC[C@@](NC(C)=O)(C(=O)OC)[C@@H](O)c1ccccc1. The van der Waals surface area contributed by atoms with E-state index in [1.54, 1.807) is 37.3 Å². The molecule has 5 nitrogen and oxygen atoms in total. The van der Waals surface area contributed by atoms with Crippen molar-refractivity contribution in [3.8, 4) is 0 Å². The van der Waals surface area contributed by atoms with E-state index in [1.807, 2.05) is 0 Å². The van der Waals surface area contributed by atoms with Crippen LogP contribution in [0.5, 0.6) is 0 Å². The van der Waals surface area contributed by atoms with E-state index in [0.29, 0.717) is 5.56 Å². The lowest BCUT2D eigenvalue weighted by Gasteiger charge is -2.35. The lowest BCUT2D eigenvalue weighted by molar-refractivity contribution is -0.157. The third kappa shape index (κ3) is 3.12. The molecule has 19 heavy (non-hydrogen) atoms. The number of rotatable bonds is 5. The summed E-state index contributed by atoms with van der Waals surface area (Å²) in [5, 5.41) is 13.0. The molecule has 2 atom stereocenters. The number of carbonyl (C=O) groups excluding carboxylic acids is 2. The highest BCUT2D eigenvalue weighted by atomic mass is 16.5. The number of nitrogens with one attached hydrogen (secondary N) is 1. The maximum Gasteiger partial charge on any atom is 0.334 e. The number of hydrogen-bond acceptors (Lipinski definition) is 4.